The monoisotopic (exact) mass is 370 g/mol. The van der Waals surface area contributed by atoms with Gasteiger partial charge in [-0.05, 0) is 37.9 Å². The Morgan fingerprint density at radius 3 is 2.93 bits per heavy atom. The number of rotatable bonds is 3. The summed E-state index contributed by atoms with van der Waals surface area (Å²) in [5, 5.41) is 14.0. The summed E-state index contributed by atoms with van der Waals surface area (Å²) in [4.78, 5) is 15.4. The van der Waals surface area contributed by atoms with Gasteiger partial charge < -0.3 is 19.9 Å². The Labute approximate surface area is 159 Å². The molecule has 5 rings (SSSR count). The van der Waals surface area contributed by atoms with E-state index in [1.54, 1.807) is 7.11 Å². The number of nitrogens with one attached hydrogen (secondary N) is 1. The maximum atomic E-state index is 12.9. The van der Waals surface area contributed by atoms with Crippen LogP contribution in [-0.2, 0) is 14.9 Å². The van der Waals surface area contributed by atoms with E-state index in [9.17, 15) is 9.90 Å². The highest BCUT2D eigenvalue weighted by molar-refractivity contribution is 5.94. The molecule has 0 radical (unpaired) electrons. The van der Waals surface area contributed by atoms with Gasteiger partial charge in [0, 0.05) is 30.1 Å². The molecule has 6 heteroatoms. The summed E-state index contributed by atoms with van der Waals surface area (Å²) < 4.78 is 10.8. The lowest BCUT2D eigenvalue weighted by molar-refractivity contribution is -0.138. The molecule has 0 saturated carbocycles. The number of carbonyl (C=O) groups is 1. The van der Waals surface area contributed by atoms with E-state index in [1.807, 2.05) is 19.1 Å². The van der Waals surface area contributed by atoms with Crippen molar-refractivity contribution >= 4 is 11.7 Å². The minimum atomic E-state index is -0.470. The highest BCUT2D eigenvalue weighted by atomic mass is 16.5. The number of para-hydroxylation sites is 1. The fourth-order valence-corrected chi connectivity index (χ4v) is 6.19. The molecule has 0 aromatic heterocycles. The van der Waals surface area contributed by atoms with Gasteiger partial charge in [0.15, 0.2) is 0 Å². The summed E-state index contributed by atoms with van der Waals surface area (Å²) >= 11 is 0. The van der Waals surface area contributed by atoms with Gasteiger partial charge in [0.1, 0.15) is 5.75 Å². The second-order valence-corrected chi connectivity index (χ2v) is 8.27. The Balaban J connectivity index is 1.78. The molecule has 5 atom stereocenters. The topological polar surface area (TPSA) is 71.0 Å². The second kappa shape index (κ2) is 5.72. The summed E-state index contributed by atoms with van der Waals surface area (Å²) in [7, 11) is 3.12. The molecule has 144 valence electrons. The van der Waals surface area contributed by atoms with Gasteiger partial charge in [-0.15, -0.1) is 0 Å². The molecule has 0 amide bonds. The predicted molar refractivity (Wildman–Crippen MR) is 101 cm³/mol. The van der Waals surface area contributed by atoms with Crippen molar-refractivity contribution in [2.45, 2.75) is 37.3 Å². The number of ether oxygens (including phenoxy) is 2. The zero-order valence-corrected chi connectivity index (χ0v) is 16.0. The van der Waals surface area contributed by atoms with Crippen LogP contribution in [0.3, 0.4) is 0 Å². The van der Waals surface area contributed by atoms with Gasteiger partial charge in [-0.1, -0.05) is 12.1 Å². The highest BCUT2D eigenvalue weighted by Gasteiger charge is 2.63. The maximum Gasteiger partial charge on any atom is 0.335 e. The van der Waals surface area contributed by atoms with E-state index in [4.69, 9.17) is 9.47 Å². The molecule has 1 aromatic rings. The Morgan fingerprint density at radius 2 is 2.22 bits per heavy atom. The number of methoxy groups -OCH3 is 2. The third-order valence-electron chi connectivity index (χ3n) is 7.33. The zero-order valence-electron chi connectivity index (χ0n) is 16.0. The van der Waals surface area contributed by atoms with Crippen LogP contribution in [0.4, 0.5) is 5.69 Å². The Bertz CT molecular complexity index is 849. The van der Waals surface area contributed by atoms with Crippen LogP contribution in [0.25, 0.3) is 0 Å². The van der Waals surface area contributed by atoms with Crippen molar-refractivity contribution in [2.24, 2.45) is 11.8 Å². The van der Waals surface area contributed by atoms with Crippen LogP contribution in [0.2, 0.25) is 0 Å². The van der Waals surface area contributed by atoms with Crippen LogP contribution >= 0.6 is 0 Å². The van der Waals surface area contributed by atoms with Crippen LogP contribution in [0.15, 0.2) is 29.5 Å². The third kappa shape index (κ3) is 2.00. The average Bonchev–Trinajstić information content (AvgIpc) is 3.23. The molecule has 27 heavy (non-hydrogen) atoms. The normalized spacial score (nSPS) is 34.6. The van der Waals surface area contributed by atoms with E-state index >= 15 is 0 Å². The summed E-state index contributed by atoms with van der Waals surface area (Å²) in [6.45, 7) is 3.63. The van der Waals surface area contributed by atoms with E-state index in [0.717, 1.165) is 48.6 Å². The minimum Gasteiger partial charge on any atom is -0.495 e. The highest BCUT2D eigenvalue weighted by Crippen LogP contribution is 2.62. The van der Waals surface area contributed by atoms with E-state index in [-0.39, 0.29) is 23.2 Å². The van der Waals surface area contributed by atoms with Gasteiger partial charge in [0.25, 0.3) is 0 Å². The van der Waals surface area contributed by atoms with Crippen LogP contribution < -0.4 is 10.1 Å². The molecule has 4 aliphatic rings. The standard InChI is InChI=1S/C21H26N2O4/c1-11(24)13-10-23-8-7-21-14-5-4-6-15(26-2)18(14)22-19(21)17(20(25)27-3)12(13)9-16(21)23/h4-6,11-13,16,22,24H,7-10H2,1-3H3/t11-,12-,13-,16-,21+/m0/s1. The molecule has 2 N–H and O–H groups in total. The molecule has 0 unspecified atom stereocenters. The number of piperidine rings is 1. The molecule has 2 saturated heterocycles. The number of anilines is 1. The SMILES string of the molecule is COC(=O)C1=C2Nc3c(OC)cccc3[C@@]23CCN2C[C@@H]([C@H](C)O)[C@@H]1C[C@H]23. The zero-order chi connectivity index (χ0) is 18.9. The van der Waals surface area contributed by atoms with Gasteiger partial charge >= 0.3 is 5.97 Å². The fourth-order valence-electron chi connectivity index (χ4n) is 6.19. The fraction of sp³-hybridized carbons (Fsp3) is 0.571. The molecule has 2 fully saturated rings. The first-order valence-corrected chi connectivity index (χ1v) is 9.72. The Morgan fingerprint density at radius 1 is 1.41 bits per heavy atom. The molecular weight excluding hydrogens is 344 g/mol. The van der Waals surface area contributed by atoms with E-state index in [0.29, 0.717) is 6.04 Å². The van der Waals surface area contributed by atoms with Gasteiger partial charge in [0.05, 0.1) is 37.0 Å². The second-order valence-electron chi connectivity index (χ2n) is 8.27. The molecule has 1 aliphatic carbocycles. The van der Waals surface area contributed by atoms with Crippen LogP contribution in [0.1, 0.15) is 25.3 Å². The molecule has 3 aliphatic heterocycles. The summed E-state index contributed by atoms with van der Waals surface area (Å²) in [6, 6.07) is 6.49. The van der Waals surface area contributed by atoms with Crippen molar-refractivity contribution in [1.82, 2.24) is 4.90 Å². The van der Waals surface area contributed by atoms with Crippen molar-refractivity contribution in [2.75, 3.05) is 32.6 Å². The first kappa shape index (κ1) is 17.1. The number of carbonyl (C=O) groups excluding carboxylic acids is 1. The lowest BCUT2D eigenvalue weighted by Crippen LogP contribution is -2.57. The number of aliphatic hydroxyl groups excluding tert-OH is 1. The molecule has 2 bridgehead atoms. The van der Waals surface area contributed by atoms with Gasteiger partial charge in [-0.3, -0.25) is 4.90 Å². The van der Waals surface area contributed by atoms with Crippen molar-refractivity contribution in [3.8, 4) is 5.75 Å². The average molecular weight is 370 g/mol. The number of benzene rings is 1. The van der Waals surface area contributed by atoms with E-state index in [1.165, 1.54) is 12.7 Å². The lowest BCUT2D eigenvalue weighted by Gasteiger charge is -2.51. The van der Waals surface area contributed by atoms with Crippen molar-refractivity contribution in [3.05, 3.63) is 35.0 Å². The van der Waals surface area contributed by atoms with Crippen molar-refractivity contribution in [3.63, 3.8) is 0 Å². The summed E-state index contributed by atoms with van der Waals surface area (Å²) in [5.74, 6) is 0.560. The predicted octanol–water partition coefficient (Wildman–Crippen LogP) is 1.89. The van der Waals surface area contributed by atoms with E-state index in [2.05, 4.69) is 16.3 Å². The Hall–Kier alpha value is -2.05. The van der Waals surface area contributed by atoms with Gasteiger partial charge in [-0.25, -0.2) is 4.79 Å². The lowest BCUT2D eigenvalue weighted by atomic mass is 9.60. The molecular formula is C21H26N2O4. The van der Waals surface area contributed by atoms with Crippen LogP contribution in [0.5, 0.6) is 5.75 Å². The minimum absolute atomic E-state index is 0.00716. The van der Waals surface area contributed by atoms with Crippen LogP contribution in [0, 0.1) is 11.8 Å². The number of hydrogen-bond donors (Lipinski definition) is 2. The number of nitrogens with zero attached hydrogens (tertiary/aromatic N) is 1. The van der Waals surface area contributed by atoms with E-state index < -0.39 is 6.10 Å². The first-order valence-electron chi connectivity index (χ1n) is 9.72. The van der Waals surface area contributed by atoms with Gasteiger partial charge in [0.2, 0.25) is 0 Å². The van der Waals surface area contributed by atoms with Crippen LogP contribution in [-0.4, -0.2) is 55.4 Å². The number of aliphatic hydroxyl groups is 1. The molecule has 6 nitrogen and oxygen atoms in total. The summed E-state index contributed by atoms with van der Waals surface area (Å²) in [5.41, 5.74) is 3.68. The summed E-state index contributed by atoms with van der Waals surface area (Å²) in [6.07, 6.45) is 1.37. The largest absolute Gasteiger partial charge is 0.495 e. The number of hydrogen-bond acceptors (Lipinski definition) is 6. The molecule has 3 heterocycles. The quantitative estimate of drug-likeness (QED) is 0.792. The number of fused-ring (bicyclic) bond motifs is 2. The maximum absolute atomic E-state index is 12.9. The molecule has 1 spiro atoms. The first-order chi connectivity index (χ1) is 13.0. The molecule has 1 aromatic carbocycles. The van der Waals surface area contributed by atoms with Crippen molar-refractivity contribution < 1.29 is 19.4 Å². The Kier molecular flexibility index (Phi) is 3.62. The third-order valence-corrected chi connectivity index (χ3v) is 7.33. The smallest absolute Gasteiger partial charge is 0.335 e. The van der Waals surface area contributed by atoms with Crippen molar-refractivity contribution in [1.29, 1.82) is 0 Å². The van der Waals surface area contributed by atoms with Gasteiger partial charge in [-0.2, -0.15) is 0 Å². The number of esters is 1.